The minimum absolute atomic E-state index is 0. The summed E-state index contributed by atoms with van der Waals surface area (Å²) in [5.41, 5.74) is 7.47. The van der Waals surface area contributed by atoms with E-state index < -0.39 is 0 Å². The Morgan fingerprint density at radius 3 is 2.57 bits per heavy atom. The number of benzene rings is 1. The third kappa shape index (κ3) is 6.22. The number of hydrogen-bond acceptors (Lipinski definition) is 4. The summed E-state index contributed by atoms with van der Waals surface area (Å²) >= 11 is 0. The maximum absolute atomic E-state index is 6.19. The molecule has 0 spiro atoms. The predicted octanol–water partition coefficient (Wildman–Crippen LogP) is 2.84. The van der Waals surface area contributed by atoms with Gasteiger partial charge in [-0.25, -0.2) is 0 Å². The van der Waals surface area contributed by atoms with E-state index in [0.29, 0.717) is 18.5 Å². The summed E-state index contributed by atoms with van der Waals surface area (Å²) < 4.78 is 5.30. The van der Waals surface area contributed by atoms with Gasteiger partial charge in [0.25, 0.3) is 0 Å². The summed E-state index contributed by atoms with van der Waals surface area (Å²) in [6.45, 7) is 8.38. The van der Waals surface area contributed by atoms with E-state index in [-0.39, 0.29) is 30.0 Å². The molecule has 3 N–H and O–H groups in total. The smallest absolute Gasteiger partial charge is 0.188 e. The number of methoxy groups -OCH3 is 1. The number of nitrogens with two attached hydrogens (primary N) is 1. The lowest BCUT2D eigenvalue weighted by molar-refractivity contribution is 0.251. The highest BCUT2D eigenvalue weighted by Gasteiger charge is 2.24. The largest absolute Gasteiger partial charge is 0.497 e. The van der Waals surface area contributed by atoms with Gasteiger partial charge in [0.2, 0.25) is 0 Å². The van der Waals surface area contributed by atoms with Crippen molar-refractivity contribution in [2.24, 2.45) is 10.7 Å². The molecule has 2 aliphatic rings. The van der Waals surface area contributed by atoms with Gasteiger partial charge in [-0.3, -0.25) is 14.8 Å². The molecule has 0 saturated carbocycles. The fourth-order valence-electron chi connectivity index (χ4n) is 4.32. The van der Waals surface area contributed by atoms with E-state index in [1.807, 2.05) is 12.1 Å². The SMILES string of the molecule is CCN1CCCC1CNC(N)=NCC(c1ccc(OC)cc1)N1CCCC1.I. The number of nitrogens with one attached hydrogen (secondary N) is 1. The number of likely N-dealkylation sites (N-methyl/N-ethyl adjacent to an activating group) is 1. The van der Waals surface area contributed by atoms with Crippen LogP contribution in [0.5, 0.6) is 5.75 Å². The molecule has 2 aliphatic heterocycles. The normalized spacial score (nSPS) is 22.1. The van der Waals surface area contributed by atoms with E-state index >= 15 is 0 Å². The molecule has 3 rings (SSSR count). The molecule has 0 aromatic heterocycles. The summed E-state index contributed by atoms with van der Waals surface area (Å²) in [5.74, 6) is 1.45. The Morgan fingerprint density at radius 2 is 1.93 bits per heavy atom. The van der Waals surface area contributed by atoms with E-state index in [9.17, 15) is 0 Å². The lowest BCUT2D eigenvalue weighted by Crippen LogP contribution is -2.43. The second-order valence-corrected chi connectivity index (χ2v) is 7.56. The molecule has 2 heterocycles. The Kier molecular flexibility index (Phi) is 9.81. The number of guanidine groups is 1. The molecule has 2 saturated heterocycles. The Balaban J connectivity index is 0.00000280. The van der Waals surface area contributed by atoms with Crippen LogP contribution < -0.4 is 15.8 Å². The quantitative estimate of drug-likeness (QED) is 0.326. The standard InChI is InChI=1S/C21H35N5O.HI/c1-3-25-14-6-7-18(25)15-23-21(22)24-16-20(26-12-4-5-13-26)17-8-10-19(27-2)11-9-17;/h8-11,18,20H,3-7,12-16H2,1-2H3,(H3,22,23,24);1H. The Bertz CT molecular complexity index is 603. The Morgan fingerprint density at radius 1 is 1.21 bits per heavy atom. The fraction of sp³-hybridized carbons (Fsp3) is 0.667. The Labute approximate surface area is 186 Å². The first-order valence-corrected chi connectivity index (χ1v) is 10.4. The second kappa shape index (κ2) is 11.8. The van der Waals surface area contributed by atoms with Crippen LogP contribution in [0.2, 0.25) is 0 Å². The van der Waals surface area contributed by atoms with Crippen LogP contribution in [0.4, 0.5) is 0 Å². The molecule has 2 fully saturated rings. The first-order valence-electron chi connectivity index (χ1n) is 10.4. The third-order valence-electron chi connectivity index (χ3n) is 5.94. The Hall–Kier alpha value is -1.06. The van der Waals surface area contributed by atoms with Gasteiger partial charge in [0.15, 0.2) is 5.96 Å². The van der Waals surface area contributed by atoms with Crippen molar-refractivity contribution in [3.8, 4) is 5.75 Å². The molecule has 1 aromatic rings. The van der Waals surface area contributed by atoms with Crippen LogP contribution in [0.3, 0.4) is 0 Å². The topological polar surface area (TPSA) is 66.1 Å². The molecule has 2 unspecified atom stereocenters. The minimum Gasteiger partial charge on any atom is -0.497 e. The van der Waals surface area contributed by atoms with E-state index in [2.05, 4.69) is 34.2 Å². The van der Waals surface area contributed by atoms with Crippen LogP contribution in [-0.4, -0.2) is 68.2 Å². The molecule has 28 heavy (non-hydrogen) atoms. The molecular formula is C21H36IN5O. The average molecular weight is 501 g/mol. The van der Waals surface area contributed by atoms with Crippen molar-refractivity contribution in [2.75, 3.05) is 46.4 Å². The molecule has 1 aromatic carbocycles. The van der Waals surface area contributed by atoms with Crippen LogP contribution in [0, 0.1) is 0 Å². The van der Waals surface area contributed by atoms with E-state index in [1.54, 1.807) is 7.11 Å². The van der Waals surface area contributed by atoms with Gasteiger partial charge in [-0.05, 0) is 69.6 Å². The lowest BCUT2D eigenvalue weighted by atomic mass is 10.1. The van der Waals surface area contributed by atoms with Crippen molar-refractivity contribution < 1.29 is 4.74 Å². The van der Waals surface area contributed by atoms with Crippen molar-refractivity contribution in [2.45, 2.75) is 44.7 Å². The van der Waals surface area contributed by atoms with Crippen molar-refractivity contribution in [1.82, 2.24) is 15.1 Å². The molecule has 158 valence electrons. The van der Waals surface area contributed by atoms with Gasteiger partial charge in [-0.1, -0.05) is 19.1 Å². The number of hydrogen-bond donors (Lipinski definition) is 2. The van der Waals surface area contributed by atoms with E-state index in [0.717, 1.165) is 31.9 Å². The van der Waals surface area contributed by atoms with Crippen LogP contribution in [0.15, 0.2) is 29.3 Å². The van der Waals surface area contributed by atoms with Crippen LogP contribution in [-0.2, 0) is 0 Å². The molecule has 0 bridgehead atoms. The number of rotatable bonds is 8. The van der Waals surface area contributed by atoms with Gasteiger partial charge >= 0.3 is 0 Å². The van der Waals surface area contributed by atoms with Gasteiger partial charge in [0, 0.05) is 12.6 Å². The summed E-state index contributed by atoms with van der Waals surface area (Å²) in [6, 6.07) is 9.22. The van der Waals surface area contributed by atoms with E-state index in [4.69, 9.17) is 15.5 Å². The summed E-state index contributed by atoms with van der Waals surface area (Å²) in [6.07, 6.45) is 5.05. The van der Waals surface area contributed by atoms with Gasteiger partial charge < -0.3 is 15.8 Å². The number of likely N-dealkylation sites (tertiary alicyclic amines) is 2. The molecule has 6 nitrogen and oxygen atoms in total. The molecule has 0 radical (unpaired) electrons. The van der Waals surface area contributed by atoms with Crippen molar-refractivity contribution >= 4 is 29.9 Å². The van der Waals surface area contributed by atoms with Gasteiger partial charge in [-0.15, -0.1) is 24.0 Å². The van der Waals surface area contributed by atoms with Crippen LogP contribution in [0.1, 0.15) is 44.2 Å². The number of ether oxygens (including phenoxy) is 1. The summed E-state index contributed by atoms with van der Waals surface area (Å²) in [7, 11) is 1.70. The average Bonchev–Trinajstić information content (AvgIpc) is 3.39. The lowest BCUT2D eigenvalue weighted by Gasteiger charge is -2.27. The highest BCUT2D eigenvalue weighted by Crippen LogP contribution is 2.27. The molecular weight excluding hydrogens is 465 g/mol. The number of halogens is 1. The summed E-state index contributed by atoms with van der Waals surface area (Å²) in [5, 5.41) is 3.35. The van der Waals surface area contributed by atoms with Crippen molar-refractivity contribution in [1.29, 1.82) is 0 Å². The maximum atomic E-state index is 6.19. The number of nitrogens with zero attached hydrogens (tertiary/aromatic N) is 3. The zero-order chi connectivity index (χ0) is 19.1. The van der Waals surface area contributed by atoms with Gasteiger partial charge in [0.1, 0.15) is 5.75 Å². The van der Waals surface area contributed by atoms with Crippen LogP contribution >= 0.6 is 24.0 Å². The highest BCUT2D eigenvalue weighted by molar-refractivity contribution is 14.0. The number of aliphatic imine (C=N–C) groups is 1. The summed E-state index contributed by atoms with van der Waals surface area (Å²) in [4.78, 5) is 9.73. The zero-order valence-corrected chi connectivity index (χ0v) is 19.6. The molecule has 0 aliphatic carbocycles. The zero-order valence-electron chi connectivity index (χ0n) is 17.3. The van der Waals surface area contributed by atoms with Crippen molar-refractivity contribution in [3.05, 3.63) is 29.8 Å². The maximum Gasteiger partial charge on any atom is 0.188 e. The third-order valence-corrected chi connectivity index (χ3v) is 5.94. The minimum atomic E-state index is 0. The first kappa shape index (κ1) is 23.2. The molecule has 2 atom stereocenters. The fourth-order valence-corrected chi connectivity index (χ4v) is 4.32. The molecule has 0 amide bonds. The first-order chi connectivity index (χ1) is 13.2. The monoisotopic (exact) mass is 501 g/mol. The predicted molar refractivity (Wildman–Crippen MR) is 127 cm³/mol. The van der Waals surface area contributed by atoms with Crippen molar-refractivity contribution in [3.63, 3.8) is 0 Å². The van der Waals surface area contributed by atoms with Gasteiger partial charge in [-0.2, -0.15) is 0 Å². The van der Waals surface area contributed by atoms with Crippen LogP contribution in [0.25, 0.3) is 0 Å². The molecule has 7 heteroatoms. The highest BCUT2D eigenvalue weighted by atomic mass is 127. The van der Waals surface area contributed by atoms with Gasteiger partial charge in [0.05, 0.1) is 19.7 Å². The second-order valence-electron chi connectivity index (χ2n) is 7.56. The van der Waals surface area contributed by atoms with E-state index in [1.165, 1.54) is 37.8 Å².